The Balaban J connectivity index is 2.40. The van der Waals surface area contributed by atoms with Gasteiger partial charge in [0.05, 0.1) is 6.10 Å². The zero-order valence-corrected chi connectivity index (χ0v) is 5.92. The number of nitrogens with one attached hydrogen (secondary N) is 1. The molecule has 1 aliphatic rings. The maximum atomic E-state index is 5.44. The van der Waals surface area contributed by atoms with Crippen molar-refractivity contribution in [2.45, 2.75) is 32.6 Å². The minimum atomic E-state index is 0.166. The smallest absolute Gasteiger partial charge is 0.124 e. The molecule has 0 aromatic rings. The van der Waals surface area contributed by atoms with Crippen molar-refractivity contribution in [2.24, 2.45) is 0 Å². The van der Waals surface area contributed by atoms with Gasteiger partial charge in [-0.15, -0.1) is 0 Å². The van der Waals surface area contributed by atoms with Crippen LogP contribution in [-0.4, -0.2) is 12.3 Å². The summed E-state index contributed by atoms with van der Waals surface area (Å²) in [6.07, 6.45) is 5.57. The van der Waals surface area contributed by atoms with Gasteiger partial charge in [0.15, 0.2) is 0 Å². The van der Waals surface area contributed by atoms with E-state index in [-0.39, 0.29) is 6.23 Å². The third-order valence-electron chi connectivity index (χ3n) is 1.35. The average Bonchev–Trinajstić information content (AvgIpc) is 1.93. The van der Waals surface area contributed by atoms with Crippen molar-refractivity contribution in [2.75, 3.05) is 0 Å². The van der Waals surface area contributed by atoms with Gasteiger partial charge >= 0.3 is 0 Å². The van der Waals surface area contributed by atoms with Crippen molar-refractivity contribution in [1.82, 2.24) is 5.32 Å². The molecule has 0 amide bonds. The van der Waals surface area contributed by atoms with E-state index in [1.54, 1.807) is 0 Å². The van der Waals surface area contributed by atoms with E-state index in [2.05, 4.69) is 18.3 Å². The highest BCUT2D eigenvalue weighted by atomic mass is 16.5. The van der Waals surface area contributed by atoms with Crippen molar-refractivity contribution in [3.05, 3.63) is 12.3 Å². The number of ether oxygens (including phenoxy) is 1. The molecule has 0 aromatic heterocycles. The van der Waals surface area contributed by atoms with E-state index in [1.807, 2.05) is 13.1 Å². The zero-order chi connectivity index (χ0) is 6.69. The second-order valence-electron chi connectivity index (χ2n) is 2.39. The molecule has 1 rings (SSSR count). The van der Waals surface area contributed by atoms with Gasteiger partial charge in [0.2, 0.25) is 0 Å². The molecule has 9 heavy (non-hydrogen) atoms. The van der Waals surface area contributed by atoms with Gasteiger partial charge in [0, 0.05) is 0 Å². The first-order chi connectivity index (χ1) is 4.29. The highest BCUT2D eigenvalue weighted by Crippen LogP contribution is 2.04. The average molecular weight is 127 g/mol. The van der Waals surface area contributed by atoms with Gasteiger partial charge in [-0.25, -0.2) is 0 Å². The summed E-state index contributed by atoms with van der Waals surface area (Å²) in [5, 5.41) is 3.07. The maximum Gasteiger partial charge on any atom is 0.124 e. The molecule has 0 fully saturated rings. The van der Waals surface area contributed by atoms with Gasteiger partial charge in [-0.3, -0.25) is 0 Å². The van der Waals surface area contributed by atoms with Crippen molar-refractivity contribution < 1.29 is 4.74 Å². The first kappa shape index (κ1) is 6.62. The Morgan fingerprint density at radius 1 is 1.56 bits per heavy atom. The highest BCUT2D eigenvalue weighted by Gasteiger charge is 2.07. The van der Waals surface area contributed by atoms with E-state index < -0.39 is 0 Å². The van der Waals surface area contributed by atoms with Gasteiger partial charge in [-0.2, -0.15) is 0 Å². The molecule has 2 nitrogen and oxygen atoms in total. The lowest BCUT2D eigenvalue weighted by Gasteiger charge is -2.14. The first-order valence-corrected chi connectivity index (χ1v) is 3.35. The third-order valence-corrected chi connectivity index (χ3v) is 1.35. The van der Waals surface area contributed by atoms with Crippen LogP contribution in [0.15, 0.2) is 12.3 Å². The van der Waals surface area contributed by atoms with Crippen LogP contribution in [0.3, 0.4) is 0 Å². The Morgan fingerprint density at radius 3 is 3.11 bits per heavy atom. The van der Waals surface area contributed by atoms with Crippen LogP contribution in [0.4, 0.5) is 0 Å². The summed E-state index contributed by atoms with van der Waals surface area (Å²) in [7, 11) is 0. The minimum absolute atomic E-state index is 0.166. The topological polar surface area (TPSA) is 21.3 Å². The van der Waals surface area contributed by atoms with Crippen molar-refractivity contribution in [1.29, 1.82) is 0 Å². The number of hydrogen-bond acceptors (Lipinski definition) is 2. The van der Waals surface area contributed by atoms with Gasteiger partial charge in [-0.1, -0.05) is 6.08 Å². The zero-order valence-electron chi connectivity index (χ0n) is 5.92. The summed E-state index contributed by atoms with van der Waals surface area (Å²) in [6, 6.07) is 0. The molecule has 0 saturated carbocycles. The fourth-order valence-electron chi connectivity index (χ4n) is 0.907. The van der Waals surface area contributed by atoms with Crippen LogP contribution in [0.1, 0.15) is 20.3 Å². The van der Waals surface area contributed by atoms with E-state index in [9.17, 15) is 0 Å². The summed E-state index contributed by atoms with van der Waals surface area (Å²) in [6.45, 7) is 4.08. The van der Waals surface area contributed by atoms with Gasteiger partial charge in [0.25, 0.3) is 0 Å². The molecule has 2 heteroatoms. The second-order valence-corrected chi connectivity index (χ2v) is 2.39. The van der Waals surface area contributed by atoms with Crippen molar-refractivity contribution in [3.8, 4) is 0 Å². The summed E-state index contributed by atoms with van der Waals surface area (Å²) < 4.78 is 5.44. The van der Waals surface area contributed by atoms with Crippen LogP contribution in [-0.2, 0) is 4.74 Å². The predicted octanol–water partition coefficient (Wildman–Crippen LogP) is 1.24. The Labute approximate surface area is 55.9 Å². The molecule has 0 saturated heterocycles. The number of hydrogen-bond donors (Lipinski definition) is 1. The molecule has 1 N–H and O–H groups in total. The predicted molar refractivity (Wildman–Crippen MR) is 36.9 cm³/mol. The summed E-state index contributed by atoms with van der Waals surface area (Å²) in [4.78, 5) is 0. The molecule has 0 spiro atoms. The fourth-order valence-corrected chi connectivity index (χ4v) is 0.907. The monoisotopic (exact) mass is 127 g/mol. The molecule has 2 atom stereocenters. The molecule has 52 valence electrons. The lowest BCUT2D eigenvalue weighted by molar-refractivity contribution is 0.00373. The van der Waals surface area contributed by atoms with Crippen LogP contribution in [0.2, 0.25) is 0 Å². The van der Waals surface area contributed by atoms with Gasteiger partial charge in [-0.05, 0) is 26.5 Å². The van der Waals surface area contributed by atoms with E-state index in [1.165, 1.54) is 0 Å². The van der Waals surface area contributed by atoms with Crippen LogP contribution in [0.5, 0.6) is 0 Å². The Kier molecular flexibility index (Phi) is 2.11. The third kappa shape index (κ3) is 2.06. The van der Waals surface area contributed by atoms with Gasteiger partial charge < -0.3 is 10.1 Å². The van der Waals surface area contributed by atoms with Crippen LogP contribution < -0.4 is 5.32 Å². The van der Waals surface area contributed by atoms with Crippen molar-refractivity contribution in [3.63, 3.8) is 0 Å². The van der Waals surface area contributed by atoms with Crippen LogP contribution in [0, 0.1) is 0 Å². The number of rotatable bonds is 0. The molecule has 0 bridgehead atoms. The summed E-state index contributed by atoms with van der Waals surface area (Å²) >= 11 is 0. The molecule has 0 aromatic carbocycles. The summed E-state index contributed by atoms with van der Waals surface area (Å²) in [5.74, 6) is 0. The van der Waals surface area contributed by atoms with Crippen LogP contribution >= 0.6 is 0 Å². The molecular formula is C7H13NO. The molecule has 2 unspecified atom stereocenters. The minimum Gasteiger partial charge on any atom is -0.367 e. The lowest BCUT2D eigenvalue weighted by atomic mass is 10.3. The van der Waals surface area contributed by atoms with Crippen molar-refractivity contribution >= 4 is 0 Å². The maximum absolute atomic E-state index is 5.44. The van der Waals surface area contributed by atoms with E-state index in [0.29, 0.717) is 6.10 Å². The van der Waals surface area contributed by atoms with E-state index in [0.717, 1.165) is 6.42 Å². The largest absolute Gasteiger partial charge is 0.367 e. The molecule has 0 radical (unpaired) electrons. The first-order valence-electron chi connectivity index (χ1n) is 3.35. The lowest BCUT2D eigenvalue weighted by Crippen LogP contribution is -2.25. The molecule has 0 aliphatic carbocycles. The molecule has 1 aliphatic heterocycles. The van der Waals surface area contributed by atoms with Gasteiger partial charge in [0.1, 0.15) is 6.23 Å². The highest BCUT2D eigenvalue weighted by molar-refractivity contribution is 4.84. The van der Waals surface area contributed by atoms with E-state index in [4.69, 9.17) is 4.74 Å². The molecule has 1 heterocycles. The van der Waals surface area contributed by atoms with E-state index >= 15 is 0 Å². The van der Waals surface area contributed by atoms with Crippen LogP contribution in [0.25, 0.3) is 0 Å². The Bertz CT molecular complexity index is 99.5. The SMILES string of the molecule is CC1CC=CNC(C)O1. The Hall–Kier alpha value is -0.500. The Morgan fingerprint density at radius 2 is 2.33 bits per heavy atom. The second kappa shape index (κ2) is 2.87. The summed E-state index contributed by atoms with van der Waals surface area (Å²) in [5.41, 5.74) is 0. The quantitative estimate of drug-likeness (QED) is 0.528. The standard InChI is InChI=1S/C7H13NO/c1-6-4-3-5-8-7(2)9-6/h3,5-8H,4H2,1-2H3. The fraction of sp³-hybridized carbons (Fsp3) is 0.714. The molecular weight excluding hydrogens is 114 g/mol. The normalized spacial score (nSPS) is 35.3.